The van der Waals surface area contributed by atoms with E-state index in [0.29, 0.717) is 17.3 Å². The molecule has 0 saturated carbocycles. The third-order valence-electron chi connectivity index (χ3n) is 4.16. The maximum atomic E-state index is 12.8. The number of sulfonamides is 1. The highest BCUT2D eigenvalue weighted by Gasteiger charge is 2.15. The van der Waals surface area contributed by atoms with Gasteiger partial charge in [-0.15, -0.1) is 0 Å². The number of rotatable bonds is 5. The van der Waals surface area contributed by atoms with Gasteiger partial charge < -0.3 is 0 Å². The molecule has 0 unspecified atom stereocenters. The zero-order valence-corrected chi connectivity index (χ0v) is 15.8. The summed E-state index contributed by atoms with van der Waals surface area (Å²) in [5, 5.41) is 6.57. The summed E-state index contributed by atoms with van der Waals surface area (Å²) in [6.07, 6.45) is 3.28. The van der Waals surface area contributed by atoms with E-state index in [2.05, 4.69) is 9.82 Å². The number of hydrogen-bond donors (Lipinski definition) is 1. The van der Waals surface area contributed by atoms with Gasteiger partial charge in [0.1, 0.15) is 0 Å². The summed E-state index contributed by atoms with van der Waals surface area (Å²) in [4.78, 5) is 0.227. The average Bonchev–Trinajstić information content (AvgIpc) is 3.06. The van der Waals surface area contributed by atoms with Gasteiger partial charge in [0.15, 0.2) is 0 Å². The minimum Gasteiger partial charge on any atom is -0.280 e. The zero-order chi connectivity index (χ0) is 18.9. The third-order valence-corrected chi connectivity index (χ3v) is 5.73. The van der Waals surface area contributed by atoms with Gasteiger partial charge in [-0.25, -0.2) is 8.42 Å². The fraction of sp³-hybridized carbons (Fsp3) is 0.0500. The summed E-state index contributed by atoms with van der Waals surface area (Å²) >= 11 is 5.88. The molecule has 5 nitrogen and oxygen atoms in total. The van der Waals surface area contributed by atoms with Crippen molar-refractivity contribution in [1.82, 2.24) is 9.78 Å². The number of nitrogens with zero attached hydrogens (tertiary/aromatic N) is 2. The second-order valence-electron chi connectivity index (χ2n) is 6.17. The van der Waals surface area contributed by atoms with Crippen LogP contribution in [0.3, 0.4) is 0 Å². The molecule has 0 atom stereocenters. The number of nitrogens with one attached hydrogen (secondary N) is 1. The van der Waals surface area contributed by atoms with Gasteiger partial charge in [0.05, 0.1) is 22.7 Å². The molecule has 0 fully saturated rings. The highest BCUT2D eigenvalue weighted by atomic mass is 35.5. The van der Waals surface area contributed by atoms with Crippen LogP contribution in [0.25, 0.3) is 10.8 Å². The topological polar surface area (TPSA) is 64.0 Å². The van der Waals surface area contributed by atoms with E-state index in [1.54, 1.807) is 47.4 Å². The lowest BCUT2D eigenvalue weighted by atomic mass is 10.1. The summed E-state index contributed by atoms with van der Waals surface area (Å²) in [5.41, 5.74) is 1.41. The van der Waals surface area contributed by atoms with Crippen LogP contribution in [0, 0.1) is 0 Å². The maximum absolute atomic E-state index is 12.8. The Bertz CT molecular complexity index is 1220. The molecule has 3 aromatic carbocycles. The fourth-order valence-corrected chi connectivity index (χ4v) is 4.13. The lowest BCUT2D eigenvalue weighted by molar-refractivity contribution is 0.601. The van der Waals surface area contributed by atoms with E-state index in [1.807, 2.05) is 36.4 Å². The van der Waals surface area contributed by atoms with Crippen molar-refractivity contribution < 1.29 is 8.42 Å². The SMILES string of the molecule is O=S(=O)(Nc1cccc(Cn2cc(Cl)cn2)c1)c1ccc2ccccc2c1. The molecule has 0 saturated heterocycles. The molecular weight excluding hydrogens is 382 g/mol. The standard InChI is InChI=1S/C20H16ClN3O2S/c21-18-12-22-24(14-18)13-15-4-3-7-19(10-15)23-27(25,26)20-9-8-16-5-1-2-6-17(16)11-20/h1-12,14,23H,13H2. The Morgan fingerprint density at radius 2 is 1.78 bits per heavy atom. The molecule has 0 aliphatic rings. The summed E-state index contributed by atoms with van der Waals surface area (Å²) in [6, 6.07) is 20.0. The monoisotopic (exact) mass is 397 g/mol. The van der Waals surface area contributed by atoms with E-state index in [0.717, 1.165) is 16.3 Å². The highest BCUT2D eigenvalue weighted by molar-refractivity contribution is 7.92. The van der Waals surface area contributed by atoms with Gasteiger partial charge in [0, 0.05) is 11.9 Å². The minimum absolute atomic E-state index is 0.227. The Labute approximate surface area is 162 Å². The fourth-order valence-electron chi connectivity index (χ4n) is 2.89. The largest absolute Gasteiger partial charge is 0.280 e. The van der Waals surface area contributed by atoms with Crippen LogP contribution in [0.2, 0.25) is 5.02 Å². The van der Waals surface area contributed by atoms with E-state index in [4.69, 9.17) is 11.6 Å². The van der Waals surface area contributed by atoms with Gasteiger partial charge in [0.2, 0.25) is 0 Å². The lowest BCUT2D eigenvalue weighted by Crippen LogP contribution is -2.13. The lowest BCUT2D eigenvalue weighted by Gasteiger charge is -2.10. The number of halogens is 1. The second kappa shape index (κ2) is 7.06. The summed E-state index contributed by atoms with van der Waals surface area (Å²) in [5.74, 6) is 0. The van der Waals surface area contributed by atoms with Gasteiger partial charge in [0.25, 0.3) is 10.0 Å². The molecule has 0 radical (unpaired) electrons. The van der Waals surface area contributed by atoms with E-state index in [9.17, 15) is 8.42 Å². The average molecular weight is 398 g/mol. The highest BCUT2D eigenvalue weighted by Crippen LogP contribution is 2.22. The molecule has 0 aliphatic carbocycles. The Balaban J connectivity index is 1.59. The first-order valence-electron chi connectivity index (χ1n) is 8.28. The molecular formula is C20H16ClN3O2S. The molecule has 27 heavy (non-hydrogen) atoms. The van der Waals surface area contributed by atoms with Crippen molar-refractivity contribution >= 4 is 38.1 Å². The molecule has 4 aromatic rings. The van der Waals surface area contributed by atoms with Crippen molar-refractivity contribution in [3.05, 3.63) is 89.7 Å². The first-order chi connectivity index (χ1) is 13.0. The number of hydrogen-bond acceptors (Lipinski definition) is 3. The Hall–Kier alpha value is -2.83. The molecule has 1 N–H and O–H groups in total. The van der Waals surface area contributed by atoms with Crippen LogP contribution in [0.5, 0.6) is 0 Å². The number of benzene rings is 3. The molecule has 7 heteroatoms. The van der Waals surface area contributed by atoms with E-state index >= 15 is 0 Å². The van der Waals surface area contributed by atoms with Gasteiger partial charge in [-0.05, 0) is 40.6 Å². The molecule has 1 heterocycles. The van der Waals surface area contributed by atoms with Crippen LogP contribution in [0.15, 0.2) is 84.0 Å². The van der Waals surface area contributed by atoms with Crippen molar-refractivity contribution in [3.63, 3.8) is 0 Å². The Morgan fingerprint density at radius 3 is 2.56 bits per heavy atom. The van der Waals surface area contributed by atoms with E-state index in [-0.39, 0.29) is 4.90 Å². The third kappa shape index (κ3) is 3.97. The Kier molecular flexibility index (Phi) is 4.59. The van der Waals surface area contributed by atoms with Crippen LogP contribution in [-0.4, -0.2) is 18.2 Å². The second-order valence-corrected chi connectivity index (χ2v) is 8.29. The molecule has 0 bridgehead atoms. The van der Waals surface area contributed by atoms with Crippen LogP contribution in [-0.2, 0) is 16.6 Å². The van der Waals surface area contributed by atoms with Crippen molar-refractivity contribution in [2.24, 2.45) is 0 Å². The van der Waals surface area contributed by atoms with Gasteiger partial charge in [-0.2, -0.15) is 5.10 Å². The molecule has 0 aliphatic heterocycles. The van der Waals surface area contributed by atoms with Crippen LogP contribution in [0.4, 0.5) is 5.69 Å². The van der Waals surface area contributed by atoms with Crippen molar-refractivity contribution in [1.29, 1.82) is 0 Å². The number of aromatic nitrogens is 2. The zero-order valence-electron chi connectivity index (χ0n) is 14.2. The molecule has 1 aromatic heterocycles. The first-order valence-corrected chi connectivity index (χ1v) is 10.1. The van der Waals surface area contributed by atoms with E-state index in [1.165, 1.54) is 0 Å². The summed E-state index contributed by atoms with van der Waals surface area (Å²) < 4.78 is 29.9. The summed E-state index contributed by atoms with van der Waals surface area (Å²) in [7, 11) is -3.68. The van der Waals surface area contributed by atoms with Gasteiger partial charge in [-0.3, -0.25) is 9.40 Å². The molecule has 0 spiro atoms. The van der Waals surface area contributed by atoms with Crippen LogP contribution in [0.1, 0.15) is 5.56 Å². The maximum Gasteiger partial charge on any atom is 0.261 e. The van der Waals surface area contributed by atoms with Crippen LogP contribution < -0.4 is 4.72 Å². The van der Waals surface area contributed by atoms with Crippen molar-refractivity contribution in [3.8, 4) is 0 Å². The van der Waals surface area contributed by atoms with E-state index < -0.39 is 10.0 Å². The van der Waals surface area contributed by atoms with Crippen molar-refractivity contribution in [2.45, 2.75) is 11.4 Å². The smallest absolute Gasteiger partial charge is 0.261 e. The predicted octanol–water partition coefficient (Wildman–Crippen LogP) is 4.54. The molecule has 0 amide bonds. The minimum atomic E-state index is -3.68. The predicted molar refractivity (Wildman–Crippen MR) is 108 cm³/mol. The number of fused-ring (bicyclic) bond motifs is 1. The van der Waals surface area contributed by atoms with Crippen LogP contribution >= 0.6 is 11.6 Å². The van der Waals surface area contributed by atoms with Crippen molar-refractivity contribution in [2.75, 3.05) is 4.72 Å². The summed E-state index contributed by atoms with van der Waals surface area (Å²) in [6.45, 7) is 0.498. The number of anilines is 1. The molecule has 4 rings (SSSR count). The quantitative estimate of drug-likeness (QED) is 0.537. The normalized spacial score (nSPS) is 11.6. The Morgan fingerprint density at radius 1 is 0.963 bits per heavy atom. The van der Waals surface area contributed by atoms with Gasteiger partial charge in [-0.1, -0.05) is 54.1 Å². The van der Waals surface area contributed by atoms with Gasteiger partial charge >= 0.3 is 0 Å². The molecule has 136 valence electrons. The first kappa shape index (κ1) is 17.6.